The average molecular weight is 338 g/mol. The molecule has 0 aliphatic carbocycles. The van der Waals surface area contributed by atoms with Gasteiger partial charge >= 0.3 is 0 Å². The van der Waals surface area contributed by atoms with Crippen LogP contribution >= 0.6 is 15.9 Å². The van der Waals surface area contributed by atoms with Crippen LogP contribution in [0.2, 0.25) is 0 Å². The van der Waals surface area contributed by atoms with E-state index in [1.807, 2.05) is 31.5 Å². The molecule has 108 valence electrons. The number of aromatic nitrogens is 2. The van der Waals surface area contributed by atoms with Gasteiger partial charge in [0.05, 0.1) is 5.69 Å². The predicted molar refractivity (Wildman–Crippen MR) is 85.6 cm³/mol. The molecule has 20 heavy (non-hydrogen) atoms. The van der Waals surface area contributed by atoms with Crippen molar-refractivity contribution in [3.05, 3.63) is 40.6 Å². The molecule has 0 aliphatic rings. The molecule has 0 unspecified atom stereocenters. The lowest BCUT2D eigenvalue weighted by Gasteiger charge is -2.13. The highest BCUT2D eigenvalue weighted by molar-refractivity contribution is 9.10. The van der Waals surface area contributed by atoms with E-state index in [2.05, 4.69) is 43.8 Å². The van der Waals surface area contributed by atoms with Gasteiger partial charge in [0.1, 0.15) is 0 Å². The molecule has 5 heteroatoms. The maximum atomic E-state index is 5.33. The van der Waals surface area contributed by atoms with E-state index in [9.17, 15) is 0 Å². The van der Waals surface area contributed by atoms with Crippen molar-refractivity contribution in [1.82, 2.24) is 9.55 Å². The second kappa shape index (κ2) is 7.45. The van der Waals surface area contributed by atoms with Crippen molar-refractivity contribution in [2.75, 3.05) is 25.1 Å². The number of hydrogen-bond acceptors (Lipinski definition) is 3. The monoisotopic (exact) mass is 337 g/mol. The summed E-state index contributed by atoms with van der Waals surface area (Å²) >= 11 is 3.57. The van der Waals surface area contributed by atoms with Crippen LogP contribution in [0.3, 0.4) is 0 Å². The Hall–Kier alpha value is -1.33. The summed E-state index contributed by atoms with van der Waals surface area (Å²) in [4.78, 5) is 4.38. The minimum atomic E-state index is 0.770. The summed E-state index contributed by atoms with van der Waals surface area (Å²) in [6.45, 7) is 6.50. The van der Waals surface area contributed by atoms with Crippen LogP contribution in [0.15, 0.2) is 35.1 Å². The second-order valence-corrected chi connectivity index (χ2v) is 5.34. The zero-order valence-corrected chi connectivity index (χ0v) is 13.5. The van der Waals surface area contributed by atoms with E-state index < -0.39 is 0 Å². The maximum absolute atomic E-state index is 5.33. The lowest BCUT2D eigenvalue weighted by Crippen LogP contribution is -2.10. The highest BCUT2D eigenvalue weighted by Crippen LogP contribution is 2.24. The van der Waals surface area contributed by atoms with Gasteiger partial charge in [-0.1, -0.05) is 22.0 Å². The highest BCUT2D eigenvalue weighted by atomic mass is 79.9. The number of rotatable bonds is 7. The first kappa shape index (κ1) is 15.1. The zero-order valence-electron chi connectivity index (χ0n) is 11.9. The molecule has 0 spiro atoms. The summed E-state index contributed by atoms with van der Waals surface area (Å²) < 4.78 is 8.50. The zero-order chi connectivity index (χ0) is 14.4. The van der Waals surface area contributed by atoms with Crippen molar-refractivity contribution in [1.29, 1.82) is 0 Å². The Bertz CT molecular complexity index is 554. The van der Waals surface area contributed by atoms with E-state index in [4.69, 9.17) is 4.74 Å². The van der Waals surface area contributed by atoms with E-state index in [0.29, 0.717) is 0 Å². The van der Waals surface area contributed by atoms with E-state index in [1.54, 1.807) is 0 Å². The van der Waals surface area contributed by atoms with Crippen LogP contribution in [0.5, 0.6) is 0 Å². The van der Waals surface area contributed by atoms with Crippen LogP contribution in [0.4, 0.5) is 5.95 Å². The van der Waals surface area contributed by atoms with Crippen LogP contribution in [0.25, 0.3) is 5.69 Å². The number of benzene rings is 1. The lowest BCUT2D eigenvalue weighted by molar-refractivity contribution is 0.147. The topological polar surface area (TPSA) is 39.1 Å². The third kappa shape index (κ3) is 3.61. The molecule has 1 heterocycles. The Morgan fingerprint density at radius 2 is 2.25 bits per heavy atom. The number of halogens is 1. The maximum Gasteiger partial charge on any atom is 0.207 e. The average Bonchev–Trinajstić information content (AvgIpc) is 2.90. The van der Waals surface area contributed by atoms with E-state index in [0.717, 1.165) is 42.3 Å². The van der Waals surface area contributed by atoms with E-state index >= 15 is 0 Å². The van der Waals surface area contributed by atoms with E-state index in [-0.39, 0.29) is 0 Å². The molecule has 0 aliphatic heterocycles. The number of nitrogens with zero attached hydrogens (tertiary/aromatic N) is 2. The minimum Gasteiger partial charge on any atom is -0.382 e. The summed E-state index contributed by atoms with van der Waals surface area (Å²) in [6.07, 6.45) is 4.75. The Morgan fingerprint density at radius 1 is 1.40 bits per heavy atom. The first-order valence-corrected chi connectivity index (χ1v) is 7.63. The third-order valence-electron chi connectivity index (χ3n) is 3.09. The van der Waals surface area contributed by atoms with Crippen molar-refractivity contribution in [3.8, 4) is 5.69 Å². The molecule has 0 bridgehead atoms. The van der Waals surface area contributed by atoms with Gasteiger partial charge in [-0.2, -0.15) is 0 Å². The number of hydrogen-bond donors (Lipinski definition) is 1. The van der Waals surface area contributed by atoms with Gasteiger partial charge in [-0.3, -0.25) is 4.57 Å². The molecule has 1 aromatic carbocycles. The van der Waals surface area contributed by atoms with Crippen molar-refractivity contribution in [2.24, 2.45) is 0 Å². The highest BCUT2D eigenvalue weighted by Gasteiger charge is 2.08. The van der Waals surface area contributed by atoms with Crippen molar-refractivity contribution < 1.29 is 4.74 Å². The van der Waals surface area contributed by atoms with Gasteiger partial charge in [0.25, 0.3) is 0 Å². The Balaban J connectivity index is 2.06. The summed E-state index contributed by atoms with van der Waals surface area (Å²) in [7, 11) is 0. The molecule has 0 radical (unpaired) electrons. The van der Waals surface area contributed by atoms with Crippen LogP contribution < -0.4 is 5.32 Å². The van der Waals surface area contributed by atoms with E-state index in [1.165, 1.54) is 5.56 Å². The van der Waals surface area contributed by atoms with Gasteiger partial charge in [-0.25, -0.2) is 4.98 Å². The largest absolute Gasteiger partial charge is 0.382 e. The Labute approximate surface area is 128 Å². The smallest absolute Gasteiger partial charge is 0.207 e. The van der Waals surface area contributed by atoms with Crippen LogP contribution in [-0.2, 0) is 4.74 Å². The summed E-state index contributed by atoms with van der Waals surface area (Å²) in [5.74, 6) is 0.864. The molecule has 4 nitrogen and oxygen atoms in total. The van der Waals surface area contributed by atoms with Gasteiger partial charge < -0.3 is 10.1 Å². The molecule has 2 rings (SSSR count). The van der Waals surface area contributed by atoms with Crippen LogP contribution in [0, 0.1) is 6.92 Å². The molecule has 0 amide bonds. The molecular weight excluding hydrogens is 318 g/mol. The summed E-state index contributed by atoms with van der Waals surface area (Å²) in [6, 6.07) is 6.17. The van der Waals surface area contributed by atoms with Crippen molar-refractivity contribution in [2.45, 2.75) is 20.3 Å². The Morgan fingerprint density at radius 3 is 3.05 bits per heavy atom. The van der Waals surface area contributed by atoms with Gasteiger partial charge in [-0.15, -0.1) is 0 Å². The number of nitrogens with one attached hydrogen (secondary N) is 1. The van der Waals surface area contributed by atoms with Crippen molar-refractivity contribution >= 4 is 21.9 Å². The first-order chi connectivity index (χ1) is 9.74. The van der Waals surface area contributed by atoms with Crippen LogP contribution in [0.1, 0.15) is 18.9 Å². The minimum absolute atomic E-state index is 0.770. The quantitative estimate of drug-likeness (QED) is 0.781. The molecule has 0 saturated heterocycles. The second-order valence-electron chi connectivity index (χ2n) is 4.48. The number of anilines is 1. The van der Waals surface area contributed by atoms with Gasteiger partial charge in [0, 0.05) is 36.6 Å². The molecular formula is C15H20BrN3O. The standard InChI is InChI=1S/C15H20BrN3O/c1-3-20-11-5-8-17-15-18-9-10-19(15)14-7-4-6-13(16)12(14)2/h4,6-7,9-10H,3,5,8,11H2,1-2H3,(H,17,18). The summed E-state index contributed by atoms with van der Waals surface area (Å²) in [5.41, 5.74) is 2.33. The molecule has 1 N–H and O–H groups in total. The fourth-order valence-electron chi connectivity index (χ4n) is 2.00. The SMILES string of the molecule is CCOCCCNc1nccn1-c1cccc(Br)c1C. The predicted octanol–water partition coefficient (Wildman–Crippen LogP) is 3.78. The van der Waals surface area contributed by atoms with Crippen molar-refractivity contribution in [3.63, 3.8) is 0 Å². The van der Waals surface area contributed by atoms with Gasteiger partial charge in [-0.05, 0) is 38.0 Å². The molecule has 0 saturated carbocycles. The Kier molecular flexibility index (Phi) is 5.61. The number of ether oxygens (including phenoxy) is 1. The lowest BCUT2D eigenvalue weighted by atomic mass is 10.2. The van der Waals surface area contributed by atoms with Gasteiger partial charge in [0.2, 0.25) is 5.95 Å². The first-order valence-electron chi connectivity index (χ1n) is 6.84. The van der Waals surface area contributed by atoms with Crippen LogP contribution in [-0.4, -0.2) is 29.3 Å². The molecule has 0 atom stereocenters. The molecule has 0 fully saturated rings. The molecule has 1 aromatic heterocycles. The normalized spacial score (nSPS) is 10.8. The number of imidazole rings is 1. The van der Waals surface area contributed by atoms with Gasteiger partial charge in [0.15, 0.2) is 0 Å². The fraction of sp³-hybridized carbons (Fsp3) is 0.400. The fourth-order valence-corrected chi connectivity index (χ4v) is 2.36. The molecule has 2 aromatic rings. The summed E-state index contributed by atoms with van der Waals surface area (Å²) in [5, 5.41) is 3.35. The third-order valence-corrected chi connectivity index (χ3v) is 3.95.